The number of hydrogen-bond acceptors (Lipinski definition) is 4. The lowest BCUT2D eigenvalue weighted by atomic mass is 10.2. The van der Waals surface area contributed by atoms with Crippen molar-refractivity contribution < 1.29 is 8.42 Å². The second kappa shape index (κ2) is 5.37. The zero-order valence-electron chi connectivity index (χ0n) is 12.1. The molecule has 0 spiro atoms. The van der Waals surface area contributed by atoms with Gasteiger partial charge in [-0.1, -0.05) is 6.92 Å². The van der Waals surface area contributed by atoms with E-state index in [9.17, 15) is 8.42 Å². The molecule has 2 rings (SSSR count). The second-order valence-corrected chi connectivity index (χ2v) is 6.38. The molecule has 0 amide bonds. The Morgan fingerprint density at radius 1 is 1.40 bits per heavy atom. The van der Waals surface area contributed by atoms with E-state index in [4.69, 9.17) is 0 Å². The molecule has 7 nitrogen and oxygen atoms in total. The van der Waals surface area contributed by atoms with Crippen LogP contribution in [0.1, 0.15) is 29.7 Å². The highest BCUT2D eigenvalue weighted by Crippen LogP contribution is 2.13. The van der Waals surface area contributed by atoms with Crippen molar-refractivity contribution in [2.45, 2.75) is 38.8 Å². The third kappa shape index (κ3) is 2.75. The zero-order valence-corrected chi connectivity index (χ0v) is 12.9. The number of aromatic amines is 1. The van der Waals surface area contributed by atoms with Gasteiger partial charge in [-0.3, -0.25) is 4.68 Å². The van der Waals surface area contributed by atoms with Crippen molar-refractivity contribution in [1.29, 1.82) is 0 Å². The summed E-state index contributed by atoms with van der Waals surface area (Å²) in [7, 11) is -1.74. The van der Waals surface area contributed by atoms with Crippen LogP contribution in [0.4, 0.5) is 0 Å². The third-order valence-electron chi connectivity index (χ3n) is 3.33. The molecule has 0 aliphatic heterocycles. The van der Waals surface area contributed by atoms with E-state index in [1.54, 1.807) is 4.68 Å². The van der Waals surface area contributed by atoms with Crippen molar-refractivity contribution >= 4 is 10.0 Å². The number of aromatic nitrogens is 4. The predicted octanol–water partition coefficient (Wildman–Crippen LogP) is 0.801. The van der Waals surface area contributed by atoms with Gasteiger partial charge in [-0.05, 0) is 13.8 Å². The molecule has 0 saturated carbocycles. The molecule has 0 bridgehead atoms. The minimum atomic E-state index is -3.58. The number of nitrogens with zero attached hydrogens (tertiary/aromatic N) is 3. The van der Waals surface area contributed by atoms with Crippen LogP contribution in [0.25, 0.3) is 0 Å². The largest absolute Gasteiger partial charge is 0.332 e. The van der Waals surface area contributed by atoms with E-state index in [0.29, 0.717) is 12.2 Å². The van der Waals surface area contributed by atoms with Crippen LogP contribution in [-0.4, -0.2) is 28.2 Å². The maximum Gasteiger partial charge on any atom is 0.257 e. The van der Waals surface area contributed by atoms with Crippen LogP contribution in [0.2, 0.25) is 0 Å². The SMILES string of the molecule is CCc1ncc(S(=O)(=O)NCc2c(C)nn(C)c2C)[nH]1. The third-order valence-corrected chi connectivity index (χ3v) is 4.64. The molecule has 0 radical (unpaired) electrons. The summed E-state index contributed by atoms with van der Waals surface area (Å²) in [6.07, 6.45) is 2.00. The summed E-state index contributed by atoms with van der Waals surface area (Å²) < 4.78 is 28.6. The van der Waals surface area contributed by atoms with E-state index in [1.165, 1.54) is 6.20 Å². The number of aryl methyl sites for hydroxylation is 3. The number of nitrogens with one attached hydrogen (secondary N) is 2. The van der Waals surface area contributed by atoms with Crippen LogP contribution in [0.15, 0.2) is 11.2 Å². The Labute approximate surface area is 118 Å². The molecule has 0 aromatic carbocycles. The summed E-state index contributed by atoms with van der Waals surface area (Å²) in [5.74, 6) is 0.652. The summed E-state index contributed by atoms with van der Waals surface area (Å²) in [4.78, 5) is 6.80. The molecule has 2 heterocycles. The molecule has 0 aliphatic carbocycles. The molecule has 8 heteroatoms. The Bertz CT molecular complexity index is 714. The highest BCUT2D eigenvalue weighted by Gasteiger charge is 2.18. The first-order chi connectivity index (χ1) is 9.35. The smallest absolute Gasteiger partial charge is 0.257 e. The van der Waals surface area contributed by atoms with Gasteiger partial charge >= 0.3 is 0 Å². The van der Waals surface area contributed by atoms with Gasteiger partial charge in [-0.2, -0.15) is 5.10 Å². The quantitative estimate of drug-likeness (QED) is 0.854. The highest BCUT2D eigenvalue weighted by molar-refractivity contribution is 7.89. The molecule has 2 N–H and O–H groups in total. The molecule has 2 aromatic heterocycles. The molecule has 110 valence electrons. The van der Waals surface area contributed by atoms with Crippen molar-refractivity contribution in [2.24, 2.45) is 7.05 Å². The van der Waals surface area contributed by atoms with Crippen molar-refractivity contribution in [3.05, 3.63) is 29.0 Å². The average Bonchev–Trinajstić information content (AvgIpc) is 2.95. The fourth-order valence-corrected chi connectivity index (χ4v) is 2.91. The predicted molar refractivity (Wildman–Crippen MR) is 74.7 cm³/mol. The van der Waals surface area contributed by atoms with Crippen LogP contribution >= 0.6 is 0 Å². The molecule has 0 saturated heterocycles. The summed E-state index contributed by atoms with van der Waals surface area (Å²) in [5.41, 5.74) is 2.67. The van der Waals surface area contributed by atoms with Crippen LogP contribution in [0.5, 0.6) is 0 Å². The lowest BCUT2D eigenvalue weighted by Crippen LogP contribution is -2.24. The Kier molecular flexibility index (Phi) is 3.96. The number of H-pyrrole nitrogens is 1. The van der Waals surface area contributed by atoms with Crippen molar-refractivity contribution in [1.82, 2.24) is 24.5 Å². The first-order valence-corrected chi connectivity index (χ1v) is 7.86. The van der Waals surface area contributed by atoms with Crippen molar-refractivity contribution in [3.63, 3.8) is 0 Å². The molecule has 0 aliphatic rings. The van der Waals surface area contributed by atoms with E-state index >= 15 is 0 Å². The zero-order chi connectivity index (χ0) is 14.9. The van der Waals surface area contributed by atoms with Crippen LogP contribution < -0.4 is 4.72 Å². The maximum atomic E-state index is 12.2. The number of rotatable bonds is 5. The molecular weight excluding hydrogens is 278 g/mol. The summed E-state index contributed by atoms with van der Waals surface area (Å²) in [6, 6.07) is 0. The molecule has 0 fully saturated rings. The summed E-state index contributed by atoms with van der Waals surface area (Å²) in [6.45, 7) is 5.90. The fourth-order valence-electron chi connectivity index (χ4n) is 1.98. The normalized spacial score (nSPS) is 12.0. The Morgan fingerprint density at radius 3 is 2.60 bits per heavy atom. The van der Waals surface area contributed by atoms with Crippen molar-refractivity contribution in [3.8, 4) is 0 Å². The Balaban J connectivity index is 2.17. The van der Waals surface area contributed by atoms with Crippen LogP contribution in [0, 0.1) is 13.8 Å². The van der Waals surface area contributed by atoms with Gasteiger partial charge in [0, 0.05) is 31.3 Å². The van der Waals surface area contributed by atoms with Gasteiger partial charge < -0.3 is 4.98 Å². The van der Waals surface area contributed by atoms with Crippen LogP contribution in [-0.2, 0) is 30.0 Å². The van der Waals surface area contributed by atoms with E-state index < -0.39 is 10.0 Å². The van der Waals surface area contributed by atoms with Gasteiger partial charge in [-0.15, -0.1) is 0 Å². The van der Waals surface area contributed by atoms with Gasteiger partial charge in [0.15, 0.2) is 5.03 Å². The number of hydrogen-bond donors (Lipinski definition) is 2. The van der Waals surface area contributed by atoms with E-state index in [1.807, 2.05) is 27.8 Å². The second-order valence-electron chi connectivity index (χ2n) is 4.65. The van der Waals surface area contributed by atoms with E-state index in [0.717, 1.165) is 17.0 Å². The van der Waals surface area contributed by atoms with Gasteiger partial charge in [0.25, 0.3) is 10.0 Å². The molecule has 2 aromatic rings. The molecule has 0 atom stereocenters. The monoisotopic (exact) mass is 297 g/mol. The van der Waals surface area contributed by atoms with E-state index in [2.05, 4.69) is 19.8 Å². The fraction of sp³-hybridized carbons (Fsp3) is 0.500. The number of sulfonamides is 1. The van der Waals surface area contributed by atoms with Gasteiger partial charge in [0.1, 0.15) is 5.82 Å². The average molecular weight is 297 g/mol. The molecular formula is C12H19N5O2S. The lowest BCUT2D eigenvalue weighted by Gasteiger charge is -2.05. The topological polar surface area (TPSA) is 92.7 Å². The number of imidazole rings is 1. The molecule has 0 unspecified atom stereocenters. The van der Waals surface area contributed by atoms with Gasteiger partial charge in [0.05, 0.1) is 11.9 Å². The minimum Gasteiger partial charge on any atom is -0.332 e. The first-order valence-electron chi connectivity index (χ1n) is 6.37. The Morgan fingerprint density at radius 2 is 2.10 bits per heavy atom. The maximum absolute atomic E-state index is 12.2. The summed E-state index contributed by atoms with van der Waals surface area (Å²) in [5, 5.41) is 4.35. The highest BCUT2D eigenvalue weighted by atomic mass is 32.2. The van der Waals surface area contributed by atoms with E-state index in [-0.39, 0.29) is 11.6 Å². The lowest BCUT2D eigenvalue weighted by molar-refractivity contribution is 0.577. The standard InChI is InChI=1S/C12H19N5O2S/c1-5-11-13-7-12(15-11)20(18,19)14-6-10-8(2)16-17(4)9(10)3/h7,14H,5-6H2,1-4H3,(H,13,15). The minimum absolute atomic E-state index is 0.0912. The van der Waals surface area contributed by atoms with Crippen LogP contribution in [0.3, 0.4) is 0 Å². The van der Waals surface area contributed by atoms with Gasteiger partial charge in [0.2, 0.25) is 0 Å². The molecule has 20 heavy (non-hydrogen) atoms. The summed E-state index contributed by atoms with van der Waals surface area (Å²) >= 11 is 0. The van der Waals surface area contributed by atoms with Crippen molar-refractivity contribution in [2.75, 3.05) is 0 Å². The first kappa shape index (κ1) is 14.7. The van der Waals surface area contributed by atoms with Gasteiger partial charge in [-0.25, -0.2) is 18.1 Å². The Hall–Kier alpha value is -1.67.